The molecule has 0 unspecified atom stereocenters. The lowest BCUT2D eigenvalue weighted by Crippen LogP contribution is -2.39. The molecule has 0 spiro atoms. The van der Waals surface area contributed by atoms with Gasteiger partial charge in [-0.1, -0.05) is 30.3 Å². The van der Waals surface area contributed by atoms with Crippen molar-refractivity contribution in [1.29, 1.82) is 5.26 Å². The third kappa shape index (κ3) is 2.88. The van der Waals surface area contributed by atoms with Gasteiger partial charge in [-0.05, 0) is 12.5 Å². The molecule has 0 fully saturated rings. The number of methoxy groups -OCH3 is 1. The van der Waals surface area contributed by atoms with E-state index in [9.17, 15) is 4.79 Å². The SMILES string of the molecule is CCOC(=O)[C@](CCC#N)(OC)c1ccccc1. The van der Waals surface area contributed by atoms with E-state index in [-0.39, 0.29) is 19.4 Å². The molecule has 0 heterocycles. The van der Waals surface area contributed by atoms with Gasteiger partial charge in [0.2, 0.25) is 0 Å². The summed E-state index contributed by atoms with van der Waals surface area (Å²) in [6.45, 7) is 2.02. The normalized spacial score (nSPS) is 13.4. The van der Waals surface area contributed by atoms with Gasteiger partial charge in [0.05, 0.1) is 12.7 Å². The second kappa shape index (κ2) is 6.77. The van der Waals surface area contributed by atoms with E-state index in [0.29, 0.717) is 5.56 Å². The minimum absolute atomic E-state index is 0.224. The van der Waals surface area contributed by atoms with E-state index >= 15 is 0 Å². The molecule has 4 nitrogen and oxygen atoms in total. The molecule has 0 N–H and O–H groups in total. The van der Waals surface area contributed by atoms with E-state index in [0.717, 1.165) is 0 Å². The number of nitrogens with zero attached hydrogens (tertiary/aromatic N) is 1. The summed E-state index contributed by atoms with van der Waals surface area (Å²) in [6.07, 6.45) is 0.504. The Morgan fingerprint density at radius 1 is 1.39 bits per heavy atom. The lowest BCUT2D eigenvalue weighted by atomic mass is 9.89. The Morgan fingerprint density at radius 2 is 2.06 bits per heavy atom. The van der Waals surface area contributed by atoms with Crippen molar-refractivity contribution in [3.05, 3.63) is 35.9 Å². The van der Waals surface area contributed by atoms with Crippen LogP contribution in [0.3, 0.4) is 0 Å². The van der Waals surface area contributed by atoms with E-state index in [1.54, 1.807) is 19.1 Å². The molecule has 0 aliphatic carbocycles. The number of carbonyl (C=O) groups is 1. The predicted molar refractivity (Wildman–Crippen MR) is 66.6 cm³/mol. The quantitative estimate of drug-likeness (QED) is 0.724. The number of hydrogen-bond acceptors (Lipinski definition) is 4. The lowest BCUT2D eigenvalue weighted by Gasteiger charge is -2.29. The highest BCUT2D eigenvalue weighted by atomic mass is 16.6. The van der Waals surface area contributed by atoms with Gasteiger partial charge in [0.15, 0.2) is 5.60 Å². The number of esters is 1. The van der Waals surface area contributed by atoms with Crippen molar-refractivity contribution in [2.24, 2.45) is 0 Å². The van der Waals surface area contributed by atoms with E-state index < -0.39 is 11.6 Å². The molecule has 1 atom stereocenters. The minimum Gasteiger partial charge on any atom is -0.464 e. The summed E-state index contributed by atoms with van der Waals surface area (Å²) in [4.78, 5) is 12.1. The molecule has 0 aliphatic heterocycles. The molecule has 1 rings (SSSR count). The Labute approximate surface area is 107 Å². The van der Waals surface area contributed by atoms with Gasteiger partial charge in [-0.15, -0.1) is 0 Å². The monoisotopic (exact) mass is 247 g/mol. The van der Waals surface area contributed by atoms with Crippen molar-refractivity contribution in [3.8, 4) is 6.07 Å². The van der Waals surface area contributed by atoms with Crippen molar-refractivity contribution in [3.63, 3.8) is 0 Å². The van der Waals surface area contributed by atoms with E-state index in [2.05, 4.69) is 0 Å². The molecule has 0 saturated carbocycles. The maximum atomic E-state index is 12.1. The second-order valence-electron chi connectivity index (χ2n) is 3.78. The topological polar surface area (TPSA) is 59.3 Å². The molecule has 96 valence electrons. The van der Waals surface area contributed by atoms with Crippen molar-refractivity contribution in [2.75, 3.05) is 13.7 Å². The van der Waals surface area contributed by atoms with Gasteiger partial charge in [0.25, 0.3) is 0 Å². The summed E-state index contributed by atoms with van der Waals surface area (Å²) < 4.78 is 10.5. The van der Waals surface area contributed by atoms with Crippen LogP contribution in [0, 0.1) is 11.3 Å². The van der Waals surface area contributed by atoms with Crippen molar-refractivity contribution >= 4 is 5.97 Å². The molecule has 0 bridgehead atoms. The molecule has 1 aromatic carbocycles. The van der Waals surface area contributed by atoms with Crippen LogP contribution < -0.4 is 0 Å². The second-order valence-corrected chi connectivity index (χ2v) is 3.78. The molecule has 0 radical (unpaired) electrons. The van der Waals surface area contributed by atoms with Crippen LogP contribution in [0.2, 0.25) is 0 Å². The molecule has 1 aromatic rings. The Morgan fingerprint density at radius 3 is 2.56 bits per heavy atom. The van der Waals surface area contributed by atoms with E-state index in [4.69, 9.17) is 14.7 Å². The van der Waals surface area contributed by atoms with Crippen LogP contribution in [0.25, 0.3) is 0 Å². The highest BCUT2D eigenvalue weighted by molar-refractivity contribution is 5.81. The standard InChI is InChI=1S/C14H17NO3/c1-3-18-13(16)14(17-2,10-7-11-15)12-8-5-4-6-9-12/h4-6,8-9H,3,7,10H2,1-2H3/t14-/m1/s1. The first-order chi connectivity index (χ1) is 8.71. The zero-order valence-electron chi connectivity index (χ0n) is 10.7. The summed E-state index contributed by atoms with van der Waals surface area (Å²) >= 11 is 0. The average Bonchev–Trinajstić information content (AvgIpc) is 2.42. The van der Waals surface area contributed by atoms with E-state index in [1.807, 2.05) is 24.3 Å². The van der Waals surface area contributed by atoms with Crippen LogP contribution in [0.4, 0.5) is 0 Å². The number of hydrogen-bond donors (Lipinski definition) is 0. The molecular weight excluding hydrogens is 230 g/mol. The lowest BCUT2D eigenvalue weighted by molar-refractivity contribution is -0.171. The number of rotatable bonds is 6. The summed E-state index contributed by atoms with van der Waals surface area (Å²) in [5.41, 5.74) is -0.478. The Bertz CT molecular complexity index is 424. The Balaban J connectivity index is 3.14. The molecule has 0 aromatic heterocycles. The zero-order valence-corrected chi connectivity index (χ0v) is 10.7. The van der Waals surface area contributed by atoms with Crippen molar-refractivity contribution < 1.29 is 14.3 Å². The molecule has 4 heteroatoms. The van der Waals surface area contributed by atoms with Crippen molar-refractivity contribution in [1.82, 2.24) is 0 Å². The highest BCUT2D eigenvalue weighted by Crippen LogP contribution is 2.31. The van der Waals surface area contributed by atoms with Gasteiger partial charge >= 0.3 is 5.97 Å². The van der Waals surface area contributed by atoms with Gasteiger partial charge in [-0.3, -0.25) is 0 Å². The first kappa shape index (κ1) is 14.2. The smallest absolute Gasteiger partial charge is 0.343 e. The summed E-state index contributed by atoms with van der Waals surface area (Å²) in [5.74, 6) is -0.450. The average molecular weight is 247 g/mol. The fraction of sp³-hybridized carbons (Fsp3) is 0.429. The summed E-state index contributed by atoms with van der Waals surface area (Å²) in [7, 11) is 1.46. The Hall–Kier alpha value is -1.86. The number of benzene rings is 1. The van der Waals surface area contributed by atoms with Crippen LogP contribution in [0.15, 0.2) is 30.3 Å². The fourth-order valence-corrected chi connectivity index (χ4v) is 1.85. The van der Waals surface area contributed by atoms with Crippen LogP contribution >= 0.6 is 0 Å². The van der Waals surface area contributed by atoms with Gasteiger partial charge in [0.1, 0.15) is 0 Å². The maximum Gasteiger partial charge on any atom is 0.343 e. The van der Waals surface area contributed by atoms with Crippen molar-refractivity contribution in [2.45, 2.75) is 25.4 Å². The van der Waals surface area contributed by atoms with Gasteiger partial charge < -0.3 is 9.47 Å². The largest absolute Gasteiger partial charge is 0.464 e. The van der Waals surface area contributed by atoms with Crippen LogP contribution in [0.1, 0.15) is 25.3 Å². The number of carbonyl (C=O) groups excluding carboxylic acids is 1. The Kier molecular flexibility index (Phi) is 5.34. The predicted octanol–water partition coefficient (Wildman–Crippen LogP) is 2.40. The van der Waals surface area contributed by atoms with Gasteiger partial charge in [-0.2, -0.15) is 5.26 Å². The number of ether oxygens (including phenoxy) is 2. The maximum absolute atomic E-state index is 12.1. The number of nitriles is 1. The van der Waals surface area contributed by atoms with Crippen LogP contribution in [0.5, 0.6) is 0 Å². The van der Waals surface area contributed by atoms with Crippen LogP contribution in [-0.4, -0.2) is 19.7 Å². The van der Waals surface area contributed by atoms with Crippen LogP contribution in [-0.2, 0) is 19.9 Å². The molecule has 18 heavy (non-hydrogen) atoms. The first-order valence-electron chi connectivity index (χ1n) is 5.86. The summed E-state index contributed by atoms with van der Waals surface area (Å²) in [5, 5.41) is 8.73. The molecular formula is C14H17NO3. The van der Waals surface area contributed by atoms with Gasteiger partial charge in [-0.25, -0.2) is 4.79 Å². The van der Waals surface area contributed by atoms with Gasteiger partial charge in [0, 0.05) is 20.0 Å². The fourth-order valence-electron chi connectivity index (χ4n) is 1.85. The third-order valence-corrected chi connectivity index (χ3v) is 2.78. The molecule has 0 amide bonds. The third-order valence-electron chi connectivity index (χ3n) is 2.78. The highest BCUT2D eigenvalue weighted by Gasteiger charge is 2.41. The molecule has 0 aliphatic rings. The minimum atomic E-state index is -1.19. The summed E-state index contributed by atoms with van der Waals surface area (Å²) in [6, 6.07) is 11.2. The zero-order chi connectivity index (χ0) is 13.4. The molecule has 0 saturated heterocycles. The van der Waals surface area contributed by atoms with E-state index in [1.165, 1.54) is 7.11 Å². The first-order valence-corrected chi connectivity index (χ1v) is 5.86.